The van der Waals surface area contributed by atoms with E-state index in [2.05, 4.69) is 6.92 Å². The van der Waals surface area contributed by atoms with Crippen LogP contribution >= 0.6 is 12.4 Å². The maximum Gasteiger partial charge on any atom is 0.0667 e. The van der Waals surface area contributed by atoms with Crippen LogP contribution in [0.2, 0.25) is 0 Å². The van der Waals surface area contributed by atoms with Gasteiger partial charge in [-0.25, -0.2) is 0 Å². The van der Waals surface area contributed by atoms with Gasteiger partial charge in [0.2, 0.25) is 0 Å². The van der Waals surface area contributed by atoms with E-state index in [-0.39, 0.29) is 18.0 Å². The third kappa shape index (κ3) is 1.28. The Kier molecular flexibility index (Phi) is 2.21. The topological polar surface area (TPSA) is 35.2 Å². The van der Waals surface area contributed by atoms with Crippen molar-refractivity contribution in [2.45, 2.75) is 31.8 Å². The predicted octanol–water partition coefficient (Wildman–Crippen LogP) is 1.33. The van der Waals surface area contributed by atoms with E-state index in [1.54, 1.807) is 0 Å². The Bertz CT molecular complexity index is 150. The smallest absolute Gasteiger partial charge is 0.0667 e. The van der Waals surface area contributed by atoms with E-state index < -0.39 is 0 Å². The van der Waals surface area contributed by atoms with Crippen molar-refractivity contribution in [3.63, 3.8) is 0 Å². The minimum Gasteiger partial charge on any atom is -0.375 e. The molecule has 2 aliphatic heterocycles. The summed E-state index contributed by atoms with van der Waals surface area (Å²) in [5.74, 6) is 0. The molecule has 2 bridgehead atoms. The molecular formula is C8H16ClNO. The van der Waals surface area contributed by atoms with Gasteiger partial charge >= 0.3 is 0 Å². The van der Waals surface area contributed by atoms with Gasteiger partial charge in [0.15, 0.2) is 0 Å². The zero-order valence-electron chi connectivity index (χ0n) is 6.93. The SMILES string of the molecule is CC12CC(CCN)(CO1)C2.Cl. The summed E-state index contributed by atoms with van der Waals surface area (Å²) in [5, 5.41) is 0. The summed E-state index contributed by atoms with van der Waals surface area (Å²) in [6, 6.07) is 0. The van der Waals surface area contributed by atoms with Gasteiger partial charge in [0, 0.05) is 5.41 Å². The Hall–Kier alpha value is 0.210. The largest absolute Gasteiger partial charge is 0.375 e. The lowest BCUT2D eigenvalue weighted by Crippen LogP contribution is -2.42. The molecule has 0 amide bonds. The monoisotopic (exact) mass is 177 g/mol. The summed E-state index contributed by atoms with van der Waals surface area (Å²) >= 11 is 0. The van der Waals surface area contributed by atoms with Gasteiger partial charge in [0.1, 0.15) is 0 Å². The second-order valence-corrected chi connectivity index (χ2v) is 4.13. The van der Waals surface area contributed by atoms with E-state index in [0.29, 0.717) is 5.41 Å². The van der Waals surface area contributed by atoms with Crippen molar-refractivity contribution in [1.29, 1.82) is 0 Å². The molecule has 1 aliphatic carbocycles. The van der Waals surface area contributed by atoms with Gasteiger partial charge in [0.25, 0.3) is 0 Å². The molecule has 1 saturated carbocycles. The number of ether oxygens (including phenoxy) is 1. The molecule has 3 heteroatoms. The molecule has 0 radical (unpaired) electrons. The molecule has 0 atom stereocenters. The van der Waals surface area contributed by atoms with Crippen LogP contribution in [0.1, 0.15) is 26.2 Å². The first-order valence-corrected chi connectivity index (χ1v) is 4.02. The first-order chi connectivity index (χ1) is 4.68. The minimum absolute atomic E-state index is 0. The van der Waals surface area contributed by atoms with Crippen LogP contribution in [0.3, 0.4) is 0 Å². The van der Waals surface area contributed by atoms with Crippen LogP contribution in [-0.4, -0.2) is 18.8 Å². The quantitative estimate of drug-likeness (QED) is 0.691. The highest BCUT2D eigenvalue weighted by atomic mass is 35.5. The van der Waals surface area contributed by atoms with E-state index >= 15 is 0 Å². The van der Waals surface area contributed by atoms with Gasteiger partial charge in [-0.3, -0.25) is 0 Å². The van der Waals surface area contributed by atoms with Crippen molar-refractivity contribution in [3.05, 3.63) is 0 Å². The third-order valence-electron chi connectivity index (χ3n) is 2.90. The molecule has 3 aliphatic rings. The van der Waals surface area contributed by atoms with Gasteiger partial charge < -0.3 is 10.5 Å². The Morgan fingerprint density at radius 1 is 1.45 bits per heavy atom. The van der Waals surface area contributed by atoms with E-state index in [0.717, 1.165) is 19.6 Å². The van der Waals surface area contributed by atoms with Crippen molar-refractivity contribution in [2.24, 2.45) is 11.1 Å². The molecule has 2 saturated heterocycles. The van der Waals surface area contributed by atoms with Crippen LogP contribution in [0.25, 0.3) is 0 Å². The van der Waals surface area contributed by atoms with E-state index in [1.807, 2.05) is 0 Å². The van der Waals surface area contributed by atoms with Crippen molar-refractivity contribution < 1.29 is 4.74 Å². The molecule has 0 spiro atoms. The van der Waals surface area contributed by atoms with Crippen molar-refractivity contribution in [3.8, 4) is 0 Å². The number of hydrogen-bond acceptors (Lipinski definition) is 2. The first-order valence-electron chi connectivity index (χ1n) is 4.02. The fourth-order valence-electron chi connectivity index (χ4n) is 2.62. The van der Waals surface area contributed by atoms with Gasteiger partial charge in [-0.1, -0.05) is 0 Å². The normalized spacial score (nSPS) is 46.4. The number of fused-ring (bicyclic) bond motifs is 1. The molecule has 11 heavy (non-hydrogen) atoms. The van der Waals surface area contributed by atoms with Crippen molar-refractivity contribution in [2.75, 3.05) is 13.2 Å². The molecule has 2 N–H and O–H groups in total. The summed E-state index contributed by atoms with van der Waals surface area (Å²) in [5.41, 5.74) is 6.25. The molecular weight excluding hydrogens is 162 g/mol. The highest BCUT2D eigenvalue weighted by Gasteiger charge is 2.58. The Morgan fingerprint density at radius 2 is 2.09 bits per heavy atom. The summed E-state index contributed by atoms with van der Waals surface area (Å²) in [6.07, 6.45) is 3.65. The average Bonchev–Trinajstić information content (AvgIpc) is 2.21. The molecule has 3 fully saturated rings. The third-order valence-corrected chi connectivity index (χ3v) is 2.90. The van der Waals surface area contributed by atoms with E-state index in [1.165, 1.54) is 12.8 Å². The molecule has 0 unspecified atom stereocenters. The Labute approximate surface area is 73.9 Å². The van der Waals surface area contributed by atoms with Crippen LogP contribution in [0.5, 0.6) is 0 Å². The van der Waals surface area contributed by atoms with Gasteiger partial charge in [-0.2, -0.15) is 0 Å². The molecule has 2 nitrogen and oxygen atoms in total. The first kappa shape index (κ1) is 9.30. The maximum atomic E-state index is 5.61. The van der Waals surface area contributed by atoms with Gasteiger partial charge in [-0.05, 0) is 32.7 Å². The predicted molar refractivity (Wildman–Crippen MR) is 46.9 cm³/mol. The van der Waals surface area contributed by atoms with Gasteiger partial charge in [0.05, 0.1) is 12.2 Å². The van der Waals surface area contributed by atoms with Crippen LogP contribution in [0.15, 0.2) is 0 Å². The molecule has 2 heterocycles. The van der Waals surface area contributed by atoms with Gasteiger partial charge in [-0.15, -0.1) is 12.4 Å². The molecule has 0 aromatic heterocycles. The molecule has 0 aromatic rings. The zero-order valence-corrected chi connectivity index (χ0v) is 7.75. The zero-order chi connectivity index (χ0) is 7.24. The fourth-order valence-corrected chi connectivity index (χ4v) is 2.62. The lowest BCUT2D eigenvalue weighted by atomic mass is 9.62. The minimum atomic E-state index is 0. The lowest BCUT2D eigenvalue weighted by molar-refractivity contribution is 0.00209. The Balaban J connectivity index is 0.000000605. The summed E-state index contributed by atoms with van der Waals surface area (Å²) < 4.78 is 5.61. The highest BCUT2D eigenvalue weighted by molar-refractivity contribution is 5.85. The van der Waals surface area contributed by atoms with E-state index in [4.69, 9.17) is 10.5 Å². The maximum absolute atomic E-state index is 5.61. The number of hydrogen-bond donors (Lipinski definition) is 1. The number of nitrogens with two attached hydrogens (primary N) is 1. The Morgan fingerprint density at radius 3 is 2.45 bits per heavy atom. The molecule has 66 valence electrons. The number of rotatable bonds is 2. The second kappa shape index (κ2) is 2.61. The van der Waals surface area contributed by atoms with Crippen molar-refractivity contribution in [1.82, 2.24) is 0 Å². The van der Waals surface area contributed by atoms with Crippen LogP contribution < -0.4 is 5.73 Å². The average molecular weight is 178 g/mol. The van der Waals surface area contributed by atoms with Crippen LogP contribution in [0, 0.1) is 5.41 Å². The summed E-state index contributed by atoms with van der Waals surface area (Å²) in [7, 11) is 0. The van der Waals surface area contributed by atoms with Crippen LogP contribution in [-0.2, 0) is 4.74 Å². The van der Waals surface area contributed by atoms with E-state index in [9.17, 15) is 0 Å². The number of halogens is 1. The molecule has 3 rings (SSSR count). The summed E-state index contributed by atoms with van der Waals surface area (Å²) in [6.45, 7) is 3.98. The van der Waals surface area contributed by atoms with Crippen LogP contribution in [0.4, 0.5) is 0 Å². The highest BCUT2D eigenvalue weighted by Crippen LogP contribution is 2.59. The standard InChI is InChI=1S/C8H15NO.ClH/c1-7-4-8(5-7,2-3-9)6-10-7;/h2-6,9H2,1H3;1H. The lowest BCUT2D eigenvalue weighted by Gasteiger charge is -2.42. The summed E-state index contributed by atoms with van der Waals surface area (Å²) in [4.78, 5) is 0. The fraction of sp³-hybridized carbons (Fsp3) is 1.00. The second-order valence-electron chi connectivity index (χ2n) is 4.13. The molecule has 0 aromatic carbocycles. The van der Waals surface area contributed by atoms with Crippen molar-refractivity contribution >= 4 is 12.4 Å².